The number of rotatable bonds is 7. The number of ether oxygens (including phenoxy) is 2. The highest BCUT2D eigenvalue weighted by atomic mass is 79.9. The van der Waals surface area contributed by atoms with Gasteiger partial charge in [0.1, 0.15) is 17.4 Å². The van der Waals surface area contributed by atoms with Crippen molar-refractivity contribution in [3.05, 3.63) is 22.7 Å². The first-order valence-corrected chi connectivity index (χ1v) is 15.2. The molecule has 7 heteroatoms. The normalized spacial score (nSPS) is 22.9. The predicted octanol–water partition coefficient (Wildman–Crippen LogP) is 7.09. The van der Waals surface area contributed by atoms with E-state index in [2.05, 4.69) is 52.2 Å². The number of anilines is 1. The van der Waals surface area contributed by atoms with Gasteiger partial charge in [-0.2, -0.15) is 9.97 Å². The van der Waals surface area contributed by atoms with E-state index in [1.54, 1.807) is 0 Å². The Morgan fingerprint density at radius 2 is 1.86 bits per heavy atom. The summed E-state index contributed by atoms with van der Waals surface area (Å²) in [5.74, 6) is 2.57. The number of halogens is 1. The van der Waals surface area contributed by atoms with E-state index >= 15 is 0 Å². The highest BCUT2D eigenvalue weighted by molar-refractivity contribution is 9.10. The van der Waals surface area contributed by atoms with Gasteiger partial charge in [0.15, 0.2) is 5.75 Å². The van der Waals surface area contributed by atoms with Gasteiger partial charge in [-0.25, -0.2) is 0 Å². The third-order valence-electron chi connectivity index (χ3n) is 8.94. The van der Waals surface area contributed by atoms with Crippen molar-refractivity contribution in [3.8, 4) is 11.8 Å². The van der Waals surface area contributed by atoms with E-state index in [0.29, 0.717) is 18.0 Å². The van der Waals surface area contributed by atoms with Gasteiger partial charge in [0, 0.05) is 31.6 Å². The molecule has 2 saturated heterocycles. The largest absolute Gasteiger partial charge is 0.490 e. The fraction of sp³-hybridized carbons (Fsp3) is 0.667. The number of nitrogens with zero attached hydrogens (tertiary/aromatic N) is 4. The number of benzene rings is 1. The summed E-state index contributed by atoms with van der Waals surface area (Å²) < 4.78 is 13.5. The molecular weight excluding hydrogens is 528 g/mol. The van der Waals surface area contributed by atoms with Gasteiger partial charge in [0.05, 0.1) is 11.1 Å². The number of likely N-dealkylation sites (tertiary alicyclic amines) is 1. The molecule has 1 aliphatic carbocycles. The van der Waals surface area contributed by atoms with E-state index in [1.807, 2.05) is 13.0 Å². The molecule has 0 radical (unpaired) electrons. The lowest BCUT2D eigenvalue weighted by Crippen LogP contribution is -2.42. The van der Waals surface area contributed by atoms with Crippen LogP contribution in [0.15, 0.2) is 17.1 Å². The highest BCUT2D eigenvalue weighted by Gasteiger charge is 2.38. The summed E-state index contributed by atoms with van der Waals surface area (Å²) in [5.41, 5.74) is 2.32. The first-order chi connectivity index (χ1) is 17.9. The van der Waals surface area contributed by atoms with E-state index in [4.69, 9.17) is 19.4 Å². The van der Waals surface area contributed by atoms with Crippen molar-refractivity contribution in [3.63, 3.8) is 0 Å². The third kappa shape index (κ3) is 5.63. The third-order valence-corrected chi connectivity index (χ3v) is 9.76. The van der Waals surface area contributed by atoms with Gasteiger partial charge in [-0.15, -0.1) is 0 Å². The molecule has 202 valence electrons. The van der Waals surface area contributed by atoms with Gasteiger partial charge in [0.2, 0.25) is 0 Å². The van der Waals surface area contributed by atoms with E-state index in [9.17, 15) is 0 Å². The van der Waals surface area contributed by atoms with Crippen molar-refractivity contribution in [2.24, 2.45) is 11.3 Å². The van der Waals surface area contributed by atoms with Gasteiger partial charge in [0.25, 0.3) is 0 Å². The minimum absolute atomic E-state index is 0.146. The van der Waals surface area contributed by atoms with Crippen LogP contribution in [0.2, 0.25) is 0 Å². The number of hydrogen-bond donors (Lipinski definition) is 0. The molecule has 3 heterocycles. The van der Waals surface area contributed by atoms with Crippen LogP contribution in [0.5, 0.6) is 11.8 Å². The fourth-order valence-electron chi connectivity index (χ4n) is 6.82. The van der Waals surface area contributed by atoms with Gasteiger partial charge >= 0.3 is 6.01 Å². The quantitative estimate of drug-likeness (QED) is 0.354. The summed E-state index contributed by atoms with van der Waals surface area (Å²) in [5, 5.41) is 1.02. The molecule has 2 aromatic rings. The summed E-state index contributed by atoms with van der Waals surface area (Å²) in [4.78, 5) is 15.0. The topological polar surface area (TPSA) is 50.7 Å². The van der Waals surface area contributed by atoms with E-state index in [1.165, 1.54) is 38.5 Å². The molecule has 1 atom stereocenters. The van der Waals surface area contributed by atoms with Gasteiger partial charge in [-0.1, -0.05) is 39.3 Å². The Kier molecular flexibility index (Phi) is 8.30. The van der Waals surface area contributed by atoms with Crippen molar-refractivity contribution in [1.82, 2.24) is 14.9 Å². The molecule has 0 N–H and O–H groups in total. The summed E-state index contributed by atoms with van der Waals surface area (Å²) in [6.45, 7) is 16.5. The molecule has 5 rings (SSSR count). The van der Waals surface area contributed by atoms with Gasteiger partial charge < -0.3 is 19.3 Å². The number of aromatic nitrogens is 2. The molecule has 6 nitrogen and oxygen atoms in total. The Morgan fingerprint density at radius 3 is 2.51 bits per heavy atom. The average molecular weight is 572 g/mol. The first-order valence-electron chi connectivity index (χ1n) is 14.4. The van der Waals surface area contributed by atoms with Crippen LogP contribution in [-0.2, 0) is 0 Å². The minimum Gasteiger partial charge on any atom is -0.490 e. The second-order valence-electron chi connectivity index (χ2n) is 11.4. The lowest BCUT2D eigenvalue weighted by molar-refractivity contribution is 0.0956. The Bertz CT molecular complexity index is 1110. The number of piperidine rings is 2. The van der Waals surface area contributed by atoms with E-state index < -0.39 is 0 Å². The van der Waals surface area contributed by atoms with E-state index in [0.717, 1.165) is 84.0 Å². The Labute approximate surface area is 230 Å². The predicted molar refractivity (Wildman–Crippen MR) is 156 cm³/mol. The van der Waals surface area contributed by atoms with Gasteiger partial charge in [-0.3, -0.25) is 0 Å². The van der Waals surface area contributed by atoms with Crippen LogP contribution in [-0.4, -0.2) is 60.3 Å². The lowest BCUT2D eigenvalue weighted by Gasteiger charge is -2.46. The zero-order valence-electron chi connectivity index (χ0n) is 22.9. The molecular formula is C30H43BrN4O2. The standard InChI is InChI=1S/C30H43BrN4O2/c1-5-22-19-24-26(27(25(22)31)36-7-3)32-29(37-23-10-15-34(6-2)16-11-23)33-28(24)35-17-13-30(14-18-35)12-8-9-21(4)20-30/h5,19,21,23H,1,6-18,20H2,2-4H3. The Balaban J connectivity index is 1.50. The zero-order valence-corrected chi connectivity index (χ0v) is 24.5. The maximum absolute atomic E-state index is 6.47. The van der Waals surface area contributed by atoms with Gasteiger partial charge in [-0.05, 0) is 90.9 Å². The Hall–Kier alpha value is -1.86. The SMILES string of the molecule is C=Cc1cc2c(N3CCC4(CCCC(C)C4)CC3)nc(OC3CCN(CC)CC3)nc2c(OCC)c1Br. The molecule has 1 saturated carbocycles. The van der Waals surface area contributed by atoms with Crippen LogP contribution < -0.4 is 14.4 Å². The molecule has 1 spiro atoms. The molecule has 3 aliphatic rings. The smallest absolute Gasteiger partial charge is 0.319 e. The summed E-state index contributed by atoms with van der Waals surface area (Å²) in [6.07, 6.45) is 12.0. The van der Waals surface area contributed by atoms with Crippen LogP contribution in [0.1, 0.15) is 77.7 Å². The van der Waals surface area contributed by atoms with Crippen LogP contribution in [0, 0.1) is 11.3 Å². The number of hydrogen-bond acceptors (Lipinski definition) is 6. The van der Waals surface area contributed by atoms with Crippen molar-refractivity contribution < 1.29 is 9.47 Å². The second kappa shape index (κ2) is 11.5. The molecule has 3 fully saturated rings. The fourth-order valence-corrected chi connectivity index (χ4v) is 7.40. The molecule has 1 unspecified atom stereocenters. The monoisotopic (exact) mass is 570 g/mol. The summed E-state index contributed by atoms with van der Waals surface area (Å²) >= 11 is 3.76. The maximum Gasteiger partial charge on any atom is 0.319 e. The molecule has 0 bridgehead atoms. The van der Waals surface area contributed by atoms with Crippen molar-refractivity contribution in [2.75, 3.05) is 44.2 Å². The molecule has 2 aliphatic heterocycles. The van der Waals surface area contributed by atoms with Crippen LogP contribution in [0.3, 0.4) is 0 Å². The molecule has 1 aromatic carbocycles. The van der Waals surface area contributed by atoms with Crippen molar-refractivity contribution in [1.29, 1.82) is 0 Å². The maximum atomic E-state index is 6.47. The highest BCUT2D eigenvalue weighted by Crippen LogP contribution is 2.48. The van der Waals surface area contributed by atoms with Crippen molar-refractivity contribution in [2.45, 2.75) is 78.2 Å². The average Bonchev–Trinajstić information content (AvgIpc) is 2.91. The number of fused-ring (bicyclic) bond motifs is 1. The minimum atomic E-state index is 0.146. The first kappa shape index (κ1) is 26.7. The summed E-state index contributed by atoms with van der Waals surface area (Å²) in [7, 11) is 0. The Morgan fingerprint density at radius 1 is 1.11 bits per heavy atom. The second-order valence-corrected chi connectivity index (χ2v) is 12.2. The molecule has 1 aromatic heterocycles. The molecule has 37 heavy (non-hydrogen) atoms. The van der Waals surface area contributed by atoms with Crippen molar-refractivity contribution >= 4 is 38.7 Å². The van der Waals surface area contributed by atoms with Crippen LogP contribution in [0.25, 0.3) is 17.0 Å². The van der Waals surface area contributed by atoms with Crippen LogP contribution >= 0.6 is 15.9 Å². The lowest BCUT2D eigenvalue weighted by atomic mass is 9.65. The molecule has 0 amide bonds. The van der Waals surface area contributed by atoms with E-state index in [-0.39, 0.29) is 6.10 Å². The summed E-state index contributed by atoms with van der Waals surface area (Å²) in [6, 6.07) is 2.63. The van der Waals surface area contributed by atoms with Crippen LogP contribution in [0.4, 0.5) is 5.82 Å². The zero-order chi connectivity index (χ0) is 26.0.